The van der Waals surface area contributed by atoms with E-state index in [1.54, 1.807) is 26.0 Å². The van der Waals surface area contributed by atoms with Gasteiger partial charge in [0.25, 0.3) is 0 Å². The molecule has 196 valence electrons. The Balaban J connectivity index is 1.65. The lowest BCUT2D eigenvalue weighted by atomic mass is 9.73. The average Bonchev–Trinajstić information content (AvgIpc) is 2.86. The maximum Gasteiger partial charge on any atom is 0.198 e. The summed E-state index contributed by atoms with van der Waals surface area (Å²) < 4.78 is 11.9. The molecule has 2 aromatic carbocycles. The number of aryl methyl sites for hydroxylation is 1. The van der Waals surface area contributed by atoms with Crippen molar-refractivity contribution in [2.75, 3.05) is 6.61 Å². The van der Waals surface area contributed by atoms with Crippen LogP contribution >= 0.6 is 0 Å². The zero-order valence-corrected chi connectivity index (χ0v) is 20.4. The molecule has 10 heteroatoms. The lowest BCUT2D eigenvalue weighted by Crippen LogP contribution is -2.52. The molecule has 37 heavy (non-hydrogen) atoms. The number of phenolic OH excluding ortho intramolecular Hbond substituents is 2. The fourth-order valence-corrected chi connectivity index (χ4v) is 5.77. The zero-order valence-electron chi connectivity index (χ0n) is 20.4. The second kappa shape index (κ2) is 9.30. The Labute approximate surface area is 212 Å². The molecule has 5 rings (SSSR count). The lowest BCUT2D eigenvalue weighted by Gasteiger charge is -2.40. The summed E-state index contributed by atoms with van der Waals surface area (Å²) in [5, 5.41) is 42.4. The summed E-state index contributed by atoms with van der Waals surface area (Å²) in [6.45, 7) is 2.58. The van der Waals surface area contributed by atoms with Crippen LogP contribution in [0.5, 0.6) is 11.5 Å². The van der Waals surface area contributed by atoms with Gasteiger partial charge in [-0.2, -0.15) is 0 Å². The molecule has 1 heterocycles. The molecule has 3 aliphatic rings. The van der Waals surface area contributed by atoms with Gasteiger partial charge in [0, 0.05) is 40.6 Å². The van der Waals surface area contributed by atoms with Crippen molar-refractivity contribution in [3.05, 3.63) is 57.1 Å². The van der Waals surface area contributed by atoms with Crippen LogP contribution in [0.25, 0.3) is 0 Å². The Hall–Kier alpha value is -3.15. The molecule has 2 aromatic rings. The number of aromatic hydroxyl groups is 2. The summed E-state index contributed by atoms with van der Waals surface area (Å²) in [6.07, 6.45) is -3.40. The van der Waals surface area contributed by atoms with Crippen LogP contribution in [0, 0.1) is 12.8 Å². The molecule has 6 atom stereocenters. The molecule has 0 amide bonds. The summed E-state index contributed by atoms with van der Waals surface area (Å²) in [4.78, 5) is 39.5. The highest BCUT2D eigenvalue weighted by atomic mass is 16.7. The number of ether oxygens (including phenoxy) is 2. The number of aliphatic hydroxyl groups is 2. The van der Waals surface area contributed by atoms with Crippen LogP contribution in [-0.4, -0.2) is 68.9 Å². The van der Waals surface area contributed by atoms with Crippen molar-refractivity contribution in [3.63, 3.8) is 0 Å². The van der Waals surface area contributed by atoms with Gasteiger partial charge in [0.1, 0.15) is 18.1 Å². The Morgan fingerprint density at radius 2 is 1.81 bits per heavy atom. The fourth-order valence-electron chi connectivity index (χ4n) is 5.77. The van der Waals surface area contributed by atoms with Crippen LogP contribution in [0.3, 0.4) is 0 Å². The van der Waals surface area contributed by atoms with Crippen molar-refractivity contribution in [1.29, 1.82) is 0 Å². The Morgan fingerprint density at radius 1 is 1.11 bits per heavy atom. The van der Waals surface area contributed by atoms with Gasteiger partial charge in [-0.05, 0) is 32.3 Å². The van der Waals surface area contributed by atoms with Crippen LogP contribution in [0.1, 0.15) is 74.4 Å². The number of hydrogen-bond donors (Lipinski definition) is 5. The van der Waals surface area contributed by atoms with Gasteiger partial charge in [-0.25, -0.2) is 0 Å². The molecule has 10 nitrogen and oxygen atoms in total. The van der Waals surface area contributed by atoms with Crippen molar-refractivity contribution in [1.82, 2.24) is 0 Å². The number of ketones is 3. The molecule has 1 aliphatic heterocycles. The van der Waals surface area contributed by atoms with Crippen molar-refractivity contribution < 1.29 is 44.3 Å². The number of fused-ring (bicyclic) bond motifs is 3. The van der Waals surface area contributed by atoms with Crippen molar-refractivity contribution in [2.45, 2.75) is 63.8 Å². The molecule has 6 N–H and O–H groups in total. The Kier molecular flexibility index (Phi) is 6.41. The van der Waals surface area contributed by atoms with E-state index in [-0.39, 0.29) is 52.6 Å². The Bertz CT molecular complexity index is 1310. The molecule has 5 unspecified atom stereocenters. The first kappa shape index (κ1) is 25.5. The van der Waals surface area contributed by atoms with Gasteiger partial charge < -0.3 is 35.6 Å². The predicted molar refractivity (Wildman–Crippen MR) is 128 cm³/mol. The second-order valence-electron chi connectivity index (χ2n) is 10.0. The van der Waals surface area contributed by atoms with Gasteiger partial charge in [-0.1, -0.05) is 18.2 Å². The maximum absolute atomic E-state index is 13.6. The van der Waals surface area contributed by atoms with Crippen LogP contribution in [-0.2, 0) is 20.7 Å². The SMILES string of the molecule is Cc1cccc2c1C(=O)c1c(O)c3c(c(O)c1C2=O)CC(C(=O)CO)C[C@@H]3OC1CC(N)C(O)C(C)O1. The van der Waals surface area contributed by atoms with Gasteiger partial charge in [-0.3, -0.25) is 14.4 Å². The molecule has 1 fully saturated rings. The monoisotopic (exact) mass is 511 g/mol. The van der Waals surface area contributed by atoms with Crippen LogP contribution in [0.4, 0.5) is 0 Å². The number of Topliss-reactive ketones (excluding diaryl/α,β-unsaturated/α-hetero) is 1. The second-order valence-corrected chi connectivity index (χ2v) is 10.0. The number of nitrogens with two attached hydrogens (primary N) is 1. The topological polar surface area (TPSA) is 177 Å². The minimum absolute atomic E-state index is 0.0297. The van der Waals surface area contributed by atoms with E-state index in [0.717, 1.165) is 0 Å². The highest BCUT2D eigenvalue weighted by Gasteiger charge is 2.44. The number of hydrogen-bond acceptors (Lipinski definition) is 10. The zero-order chi connectivity index (χ0) is 26.8. The quantitative estimate of drug-likeness (QED) is 0.320. The number of carbonyl (C=O) groups is 3. The number of rotatable bonds is 4. The fraction of sp³-hybridized carbons (Fsp3) is 0.444. The molecule has 0 saturated carbocycles. The number of benzene rings is 2. The number of aliphatic hydroxyl groups excluding tert-OH is 2. The standard InChI is InChI=1S/C27H29NO9/c1-10-4-3-5-13-19(10)26(34)22-21(24(13)32)25(33)14-6-12(16(30)9-29)7-17(20(14)27(22)35)37-18-8-15(28)23(31)11(2)36-18/h3-5,11-12,15,17-18,23,29,31,33,35H,6-9,28H2,1-2H3/t11?,12?,15?,17-,18?,23?/m0/s1. The van der Waals surface area contributed by atoms with Crippen LogP contribution in [0.2, 0.25) is 0 Å². The van der Waals surface area contributed by atoms with E-state index in [2.05, 4.69) is 0 Å². The first-order valence-corrected chi connectivity index (χ1v) is 12.2. The number of phenols is 2. The van der Waals surface area contributed by atoms with E-state index in [9.17, 15) is 34.8 Å². The Morgan fingerprint density at radius 3 is 2.49 bits per heavy atom. The summed E-state index contributed by atoms with van der Waals surface area (Å²) in [5.74, 6) is -3.48. The van der Waals surface area contributed by atoms with E-state index < -0.39 is 72.0 Å². The molecule has 0 bridgehead atoms. The third-order valence-electron chi connectivity index (χ3n) is 7.74. The van der Waals surface area contributed by atoms with Gasteiger partial charge in [0.2, 0.25) is 0 Å². The minimum Gasteiger partial charge on any atom is -0.507 e. The van der Waals surface area contributed by atoms with Crippen molar-refractivity contribution in [2.24, 2.45) is 11.7 Å². The van der Waals surface area contributed by atoms with E-state index in [4.69, 9.17) is 15.2 Å². The first-order chi connectivity index (χ1) is 17.5. The summed E-state index contributed by atoms with van der Waals surface area (Å²) >= 11 is 0. The average molecular weight is 512 g/mol. The molecule has 0 radical (unpaired) electrons. The maximum atomic E-state index is 13.6. The van der Waals surface area contributed by atoms with Crippen molar-refractivity contribution >= 4 is 17.3 Å². The predicted octanol–water partition coefficient (Wildman–Crippen LogP) is 1.19. The van der Waals surface area contributed by atoms with Crippen LogP contribution < -0.4 is 5.73 Å². The van der Waals surface area contributed by atoms with E-state index in [1.165, 1.54) is 6.07 Å². The first-order valence-electron chi connectivity index (χ1n) is 12.2. The summed E-state index contributed by atoms with van der Waals surface area (Å²) in [7, 11) is 0. The molecule has 0 aromatic heterocycles. The van der Waals surface area contributed by atoms with E-state index in [1.807, 2.05) is 0 Å². The summed E-state index contributed by atoms with van der Waals surface area (Å²) in [5.41, 5.74) is 6.42. The van der Waals surface area contributed by atoms with E-state index in [0.29, 0.717) is 5.56 Å². The van der Waals surface area contributed by atoms with Crippen molar-refractivity contribution in [3.8, 4) is 11.5 Å². The highest BCUT2D eigenvalue weighted by Crippen LogP contribution is 2.51. The molecular weight excluding hydrogens is 482 g/mol. The largest absolute Gasteiger partial charge is 0.507 e. The van der Waals surface area contributed by atoms with Gasteiger partial charge in [0.05, 0.1) is 29.4 Å². The number of carbonyl (C=O) groups excluding carboxylic acids is 3. The van der Waals surface area contributed by atoms with Gasteiger partial charge in [-0.15, -0.1) is 0 Å². The smallest absolute Gasteiger partial charge is 0.198 e. The third kappa shape index (κ3) is 3.96. The normalized spacial score (nSPS) is 28.9. The summed E-state index contributed by atoms with van der Waals surface area (Å²) in [6, 6.07) is 4.16. The highest BCUT2D eigenvalue weighted by molar-refractivity contribution is 6.31. The van der Waals surface area contributed by atoms with Crippen LogP contribution in [0.15, 0.2) is 18.2 Å². The minimum atomic E-state index is -1.03. The molecule has 1 saturated heterocycles. The third-order valence-corrected chi connectivity index (χ3v) is 7.74. The molecule has 0 spiro atoms. The lowest BCUT2D eigenvalue weighted by molar-refractivity contribution is -0.243. The van der Waals surface area contributed by atoms with E-state index >= 15 is 0 Å². The molecular formula is C27H29NO9. The van der Waals surface area contributed by atoms with Gasteiger partial charge >= 0.3 is 0 Å². The molecule has 2 aliphatic carbocycles. The van der Waals surface area contributed by atoms with Gasteiger partial charge in [0.15, 0.2) is 23.6 Å².